The number of piperidine rings is 1. The van der Waals surface area contributed by atoms with E-state index in [1.807, 2.05) is 0 Å². The van der Waals surface area contributed by atoms with E-state index in [2.05, 4.69) is 11.8 Å². The quantitative estimate of drug-likeness (QED) is 0.748. The van der Waals surface area contributed by atoms with Crippen molar-refractivity contribution in [2.45, 2.75) is 43.7 Å². The second-order valence-corrected chi connectivity index (χ2v) is 6.27. The maximum absolute atomic E-state index is 12.0. The molecule has 0 aromatic rings. The van der Waals surface area contributed by atoms with Gasteiger partial charge >= 0.3 is 5.97 Å². The molecule has 5 heteroatoms. The van der Waals surface area contributed by atoms with Gasteiger partial charge in [-0.25, -0.2) is 0 Å². The highest BCUT2D eigenvalue weighted by molar-refractivity contribution is 5.81. The predicted octanol–water partition coefficient (Wildman–Crippen LogP) is 0.768. The van der Waals surface area contributed by atoms with Crippen LogP contribution in [0.1, 0.15) is 32.6 Å². The van der Waals surface area contributed by atoms with Crippen LogP contribution >= 0.6 is 0 Å². The van der Waals surface area contributed by atoms with Crippen LogP contribution in [-0.2, 0) is 14.3 Å². The molecule has 1 heterocycles. The van der Waals surface area contributed by atoms with E-state index >= 15 is 0 Å². The number of ether oxygens (including phenoxy) is 2. The third kappa shape index (κ3) is 3.09. The largest absolute Gasteiger partial charge is 0.468 e. The van der Waals surface area contributed by atoms with Crippen molar-refractivity contribution in [3.8, 4) is 0 Å². The van der Waals surface area contributed by atoms with Gasteiger partial charge < -0.3 is 15.2 Å². The Morgan fingerprint density at radius 1 is 1.47 bits per heavy atom. The van der Waals surface area contributed by atoms with Crippen LogP contribution in [0.4, 0.5) is 0 Å². The van der Waals surface area contributed by atoms with Crippen molar-refractivity contribution in [2.24, 2.45) is 11.7 Å². The maximum Gasteiger partial charge on any atom is 0.327 e. The number of hydrogen-bond acceptors (Lipinski definition) is 5. The molecule has 2 atom stereocenters. The number of esters is 1. The van der Waals surface area contributed by atoms with Gasteiger partial charge in [-0.2, -0.15) is 0 Å². The highest BCUT2D eigenvalue weighted by atomic mass is 16.5. The predicted molar refractivity (Wildman–Crippen MR) is 72.7 cm³/mol. The highest BCUT2D eigenvalue weighted by Crippen LogP contribution is 2.40. The first kappa shape index (κ1) is 14.8. The van der Waals surface area contributed by atoms with Crippen molar-refractivity contribution in [2.75, 3.05) is 33.9 Å². The number of carbonyl (C=O) groups is 1. The van der Waals surface area contributed by atoms with Crippen molar-refractivity contribution in [3.63, 3.8) is 0 Å². The summed E-state index contributed by atoms with van der Waals surface area (Å²) in [6.45, 7) is 4.49. The number of carbonyl (C=O) groups excluding carboxylic acids is 1. The fourth-order valence-electron chi connectivity index (χ4n) is 3.13. The minimum Gasteiger partial charge on any atom is -0.468 e. The van der Waals surface area contributed by atoms with Gasteiger partial charge in [-0.1, -0.05) is 0 Å². The summed E-state index contributed by atoms with van der Waals surface area (Å²) in [5.74, 6) is -0.00429. The molecule has 1 saturated heterocycles. The smallest absolute Gasteiger partial charge is 0.327 e. The molecule has 110 valence electrons. The van der Waals surface area contributed by atoms with Gasteiger partial charge in [0.05, 0.1) is 12.7 Å². The molecule has 5 nitrogen and oxygen atoms in total. The second kappa shape index (κ2) is 5.38. The fraction of sp³-hybridized carbons (Fsp3) is 0.929. The monoisotopic (exact) mass is 270 g/mol. The summed E-state index contributed by atoms with van der Waals surface area (Å²) in [6.07, 6.45) is 4.19. The topological polar surface area (TPSA) is 64.8 Å². The zero-order valence-electron chi connectivity index (χ0n) is 12.3. The maximum atomic E-state index is 12.0. The average Bonchev–Trinajstić information content (AvgIpc) is 3.22. The summed E-state index contributed by atoms with van der Waals surface area (Å²) in [6, 6.07) is 0. The number of nitrogens with two attached hydrogens (primary N) is 1. The molecule has 1 aliphatic heterocycles. The van der Waals surface area contributed by atoms with E-state index in [1.165, 1.54) is 7.11 Å². The molecule has 0 spiro atoms. The standard InChI is InChI=1S/C14H26N2O3/c1-13(19-3)7-4-8-16(9-13)10-14(15,11-5-6-11)12(17)18-2/h11H,4-10,15H2,1-3H3. The Hall–Kier alpha value is -0.650. The number of hydrogen-bond donors (Lipinski definition) is 1. The van der Waals surface area contributed by atoms with Crippen molar-refractivity contribution >= 4 is 5.97 Å². The molecule has 19 heavy (non-hydrogen) atoms. The number of likely N-dealkylation sites (tertiary alicyclic amines) is 1. The molecule has 2 fully saturated rings. The molecule has 0 bridgehead atoms. The first-order chi connectivity index (χ1) is 8.93. The molecular formula is C14H26N2O3. The summed E-state index contributed by atoms with van der Waals surface area (Å²) in [5, 5.41) is 0. The lowest BCUT2D eigenvalue weighted by Gasteiger charge is -2.42. The first-order valence-corrected chi connectivity index (χ1v) is 7.08. The normalized spacial score (nSPS) is 31.8. The van der Waals surface area contributed by atoms with Crippen LogP contribution in [0.25, 0.3) is 0 Å². The summed E-state index contributed by atoms with van der Waals surface area (Å²) < 4.78 is 10.5. The Kier molecular flexibility index (Phi) is 4.18. The van der Waals surface area contributed by atoms with Crippen molar-refractivity contribution in [3.05, 3.63) is 0 Å². The van der Waals surface area contributed by atoms with Gasteiger partial charge in [-0.3, -0.25) is 9.69 Å². The molecule has 1 saturated carbocycles. The second-order valence-electron chi connectivity index (χ2n) is 6.27. The molecular weight excluding hydrogens is 244 g/mol. The number of nitrogens with zero attached hydrogens (tertiary/aromatic N) is 1. The van der Waals surface area contributed by atoms with Crippen LogP contribution in [0.15, 0.2) is 0 Å². The summed E-state index contributed by atoms with van der Waals surface area (Å²) >= 11 is 0. The lowest BCUT2D eigenvalue weighted by molar-refractivity contribution is -0.150. The Balaban J connectivity index is 2.03. The molecule has 0 aromatic heterocycles. The minimum atomic E-state index is -0.846. The molecule has 0 amide bonds. The number of methoxy groups -OCH3 is 2. The average molecular weight is 270 g/mol. The van der Waals surface area contributed by atoms with E-state index in [9.17, 15) is 4.79 Å². The number of rotatable bonds is 5. The molecule has 0 aromatic carbocycles. The van der Waals surface area contributed by atoms with Crippen molar-refractivity contribution in [1.29, 1.82) is 0 Å². The van der Waals surface area contributed by atoms with Gasteiger partial charge in [0.2, 0.25) is 0 Å². The molecule has 2 aliphatic rings. The van der Waals surface area contributed by atoms with E-state index in [4.69, 9.17) is 15.2 Å². The van der Waals surface area contributed by atoms with Gasteiger partial charge in [-0.15, -0.1) is 0 Å². The summed E-state index contributed by atoms with van der Waals surface area (Å²) in [4.78, 5) is 14.3. The molecule has 2 N–H and O–H groups in total. The van der Waals surface area contributed by atoms with Gasteiger partial charge in [-0.05, 0) is 45.1 Å². The lowest BCUT2D eigenvalue weighted by Crippen LogP contribution is -2.61. The van der Waals surface area contributed by atoms with Crippen LogP contribution in [-0.4, -0.2) is 55.9 Å². The first-order valence-electron chi connectivity index (χ1n) is 7.08. The molecule has 0 radical (unpaired) electrons. The lowest BCUT2D eigenvalue weighted by atomic mass is 9.89. The van der Waals surface area contributed by atoms with Crippen molar-refractivity contribution < 1.29 is 14.3 Å². The van der Waals surface area contributed by atoms with Crippen LogP contribution in [0.3, 0.4) is 0 Å². The Morgan fingerprint density at radius 3 is 2.68 bits per heavy atom. The van der Waals surface area contributed by atoms with Gasteiger partial charge in [0.1, 0.15) is 5.54 Å². The summed E-state index contributed by atoms with van der Waals surface area (Å²) in [5.41, 5.74) is 5.39. The van der Waals surface area contributed by atoms with Gasteiger partial charge in [0.15, 0.2) is 0 Å². The molecule has 1 aliphatic carbocycles. The Labute approximate surface area is 115 Å². The zero-order chi connectivity index (χ0) is 14.1. The molecule has 2 rings (SSSR count). The Bertz CT molecular complexity index is 346. The van der Waals surface area contributed by atoms with E-state index in [-0.39, 0.29) is 17.5 Å². The molecule has 2 unspecified atom stereocenters. The van der Waals surface area contributed by atoms with E-state index < -0.39 is 5.54 Å². The van der Waals surface area contributed by atoms with E-state index in [0.717, 1.165) is 38.8 Å². The third-order valence-electron chi connectivity index (χ3n) is 4.59. The third-order valence-corrected chi connectivity index (χ3v) is 4.59. The van der Waals surface area contributed by atoms with Gasteiger partial charge in [0.25, 0.3) is 0 Å². The van der Waals surface area contributed by atoms with Crippen LogP contribution in [0.5, 0.6) is 0 Å². The van der Waals surface area contributed by atoms with Crippen LogP contribution in [0.2, 0.25) is 0 Å². The van der Waals surface area contributed by atoms with Crippen LogP contribution in [0, 0.1) is 5.92 Å². The highest BCUT2D eigenvalue weighted by Gasteiger charge is 2.50. The van der Waals surface area contributed by atoms with E-state index in [1.54, 1.807) is 7.11 Å². The zero-order valence-corrected chi connectivity index (χ0v) is 12.3. The van der Waals surface area contributed by atoms with Crippen LogP contribution < -0.4 is 5.73 Å². The van der Waals surface area contributed by atoms with Gasteiger partial charge in [0, 0.05) is 20.2 Å². The summed E-state index contributed by atoms with van der Waals surface area (Å²) in [7, 11) is 3.17. The van der Waals surface area contributed by atoms with E-state index in [0.29, 0.717) is 6.54 Å². The Morgan fingerprint density at radius 2 is 2.16 bits per heavy atom. The minimum absolute atomic E-state index is 0.126. The fourth-order valence-corrected chi connectivity index (χ4v) is 3.13. The SMILES string of the molecule is COC(=O)C(N)(CN1CCCC(C)(OC)C1)C1CC1. The van der Waals surface area contributed by atoms with Crippen molar-refractivity contribution in [1.82, 2.24) is 4.90 Å².